The highest BCUT2D eigenvalue weighted by molar-refractivity contribution is 7.92. The molecule has 0 amide bonds. The van der Waals surface area contributed by atoms with E-state index in [1.807, 2.05) is 19.1 Å². The number of aromatic nitrogens is 4. The van der Waals surface area contributed by atoms with Gasteiger partial charge in [-0.1, -0.05) is 11.6 Å². The zero-order chi connectivity index (χ0) is 15.8. The van der Waals surface area contributed by atoms with Crippen molar-refractivity contribution in [2.45, 2.75) is 32.1 Å². The van der Waals surface area contributed by atoms with E-state index in [2.05, 4.69) is 15.5 Å². The van der Waals surface area contributed by atoms with Gasteiger partial charge in [-0.05, 0) is 43.3 Å². The molecule has 8 heteroatoms. The number of rotatable bonds is 4. The highest BCUT2D eigenvalue weighted by atomic mass is 32.2. The molecule has 0 saturated heterocycles. The fourth-order valence-corrected chi connectivity index (χ4v) is 2.20. The van der Waals surface area contributed by atoms with Crippen LogP contribution in [-0.2, 0) is 16.4 Å². The third-order valence-corrected chi connectivity index (χ3v) is 5.65. The van der Waals surface area contributed by atoms with Gasteiger partial charge in [-0.2, -0.15) is 0 Å². The van der Waals surface area contributed by atoms with Gasteiger partial charge < -0.3 is 5.73 Å². The van der Waals surface area contributed by atoms with Crippen LogP contribution in [0.3, 0.4) is 0 Å². The standard InChI is InChI=1S/C13H19N5O2S/c1-9-5-6-11(14)10(7-9)12-15-16-17-18(12)8-13(2,3)21(4,19)20/h5-7H,8,14H2,1-4H3. The Hall–Kier alpha value is -1.96. The molecule has 0 bridgehead atoms. The van der Waals surface area contributed by atoms with Gasteiger partial charge in [0.15, 0.2) is 15.7 Å². The van der Waals surface area contributed by atoms with Crippen LogP contribution in [0.2, 0.25) is 0 Å². The Morgan fingerprint density at radius 2 is 2.00 bits per heavy atom. The monoisotopic (exact) mass is 309 g/mol. The third kappa shape index (κ3) is 3.05. The van der Waals surface area contributed by atoms with Crippen molar-refractivity contribution in [1.82, 2.24) is 20.2 Å². The molecule has 0 unspecified atom stereocenters. The van der Waals surface area contributed by atoms with Gasteiger partial charge in [0.25, 0.3) is 0 Å². The molecule has 2 N–H and O–H groups in total. The molecule has 0 aliphatic rings. The SMILES string of the molecule is Cc1ccc(N)c(-c2nnnn2CC(C)(C)S(C)(=O)=O)c1. The lowest BCUT2D eigenvalue weighted by molar-refractivity contribution is 0.472. The van der Waals surface area contributed by atoms with Crippen LogP contribution in [0.4, 0.5) is 5.69 Å². The van der Waals surface area contributed by atoms with E-state index in [4.69, 9.17) is 5.73 Å². The van der Waals surface area contributed by atoms with Crippen molar-refractivity contribution in [3.8, 4) is 11.4 Å². The molecule has 114 valence electrons. The topological polar surface area (TPSA) is 104 Å². The second-order valence-corrected chi connectivity index (χ2v) is 8.43. The second kappa shape index (κ2) is 5.10. The fraction of sp³-hybridized carbons (Fsp3) is 0.462. The van der Waals surface area contributed by atoms with E-state index in [-0.39, 0.29) is 6.54 Å². The van der Waals surface area contributed by atoms with Crippen LogP contribution in [-0.4, -0.2) is 39.6 Å². The minimum atomic E-state index is -3.24. The van der Waals surface area contributed by atoms with Crippen LogP contribution in [0.1, 0.15) is 19.4 Å². The first-order chi connectivity index (χ1) is 9.62. The number of tetrazole rings is 1. The number of nitrogens with two attached hydrogens (primary N) is 1. The summed E-state index contributed by atoms with van der Waals surface area (Å²) in [5.41, 5.74) is 8.24. The van der Waals surface area contributed by atoms with E-state index in [1.54, 1.807) is 19.9 Å². The van der Waals surface area contributed by atoms with Crippen LogP contribution in [0.25, 0.3) is 11.4 Å². The van der Waals surface area contributed by atoms with E-state index in [1.165, 1.54) is 10.9 Å². The molecule has 0 atom stereocenters. The van der Waals surface area contributed by atoms with E-state index in [9.17, 15) is 8.42 Å². The van der Waals surface area contributed by atoms with Crippen LogP contribution in [0.5, 0.6) is 0 Å². The summed E-state index contributed by atoms with van der Waals surface area (Å²) >= 11 is 0. The average molecular weight is 309 g/mol. The maximum atomic E-state index is 11.8. The molecule has 21 heavy (non-hydrogen) atoms. The number of nitrogen functional groups attached to an aromatic ring is 1. The highest BCUT2D eigenvalue weighted by Gasteiger charge is 2.32. The molecule has 0 spiro atoms. The predicted molar refractivity (Wildman–Crippen MR) is 81.3 cm³/mol. The van der Waals surface area contributed by atoms with Gasteiger partial charge in [0.2, 0.25) is 0 Å². The lowest BCUT2D eigenvalue weighted by atomic mass is 10.1. The second-order valence-electron chi connectivity index (χ2n) is 5.78. The first kappa shape index (κ1) is 15.4. The summed E-state index contributed by atoms with van der Waals surface area (Å²) in [7, 11) is -3.24. The number of anilines is 1. The Balaban J connectivity index is 2.47. The largest absolute Gasteiger partial charge is 0.398 e. The Bertz CT molecular complexity index is 765. The van der Waals surface area contributed by atoms with Crippen molar-refractivity contribution in [3.63, 3.8) is 0 Å². The van der Waals surface area contributed by atoms with E-state index in [0.29, 0.717) is 17.1 Å². The number of sulfone groups is 1. The molecule has 0 saturated carbocycles. The van der Waals surface area contributed by atoms with Gasteiger partial charge >= 0.3 is 0 Å². The van der Waals surface area contributed by atoms with Crippen LogP contribution < -0.4 is 5.73 Å². The minimum Gasteiger partial charge on any atom is -0.398 e. The molecule has 2 rings (SSSR count). The number of aryl methyl sites for hydroxylation is 1. The smallest absolute Gasteiger partial charge is 0.184 e. The minimum absolute atomic E-state index is 0.154. The first-order valence-corrected chi connectivity index (χ1v) is 8.33. The van der Waals surface area contributed by atoms with Gasteiger partial charge in [-0.3, -0.25) is 0 Å². The number of hydrogen-bond acceptors (Lipinski definition) is 6. The normalized spacial score (nSPS) is 12.6. The number of benzene rings is 1. The van der Waals surface area contributed by atoms with Crippen molar-refractivity contribution in [1.29, 1.82) is 0 Å². The summed E-state index contributed by atoms with van der Waals surface area (Å²) in [6.45, 7) is 5.39. The summed E-state index contributed by atoms with van der Waals surface area (Å²) in [6.07, 6.45) is 1.21. The van der Waals surface area contributed by atoms with Crippen molar-refractivity contribution in [2.24, 2.45) is 0 Å². The van der Waals surface area contributed by atoms with Gasteiger partial charge in [-0.25, -0.2) is 13.1 Å². The molecule has 7 nitrogen and oxygen atoms in total. The molecule has 0 radical (unpaired) electrons. The van der Waals surface area contributed by atoms with Crippen molar-refractivity contribution in [2.75, 3.05) is 12.0 Å². The summed E-state index contributed by atoms with van der Waals surface area (Å²) in [5, 5.41) is 11.5. The molecule has 0 aliphatic carbocycles. The van der Waals surface area contributed by atoms with Crippen molar-refractivity contribution >= 4 is 15.5 Å². The third-order valence-electron chi connectivity index (χ3n) is 3.52. The Morgan fingerprint density at radius 3 is 2.62 bits per heavy atom. The van der Waals surface area contributed by atoms with E-state index in [0.717, 1.165) is 5.56 Å². The summed E-state index contributed by atoms with van der Waals surface area (Å²) in [6, 6.07) is 5.56. The molecule has 1 aromatic carbocycles. The zero-order valence-electron chi connectivity index (χ0n) is 12.5. The van der Waals surface area contributed by atoms with Crippen LogP contribution in [0, 0.1) is 6.92 Å². The zero-order valence-corrected chi connectivity index (χ0v) is 13.3. The van der Waals surface area contributed by atoms with E-state index < -0.39 is 14.6 Å². The van der Waals surface area contributed by atoms with Gasteiger partial charge in [0.1, 0.15) is 0 Å². The van der Waals surface area contributed by atoms with Crippen molar-refractivity contribution < 1.29 is 8.42 Å². The summed E-state index contributed by atoms with van der Waals surface area (Å²) in [5.74, 6) is 0.466. The van der Waals surface area contributed by atoms with E-state index >= 15 is 0 Å². The number of nitrogens with zero attached hydrogens (tertiary/aromatic N) is 4. The van der Waals surface area contributed by atoms with Gasteiger partial charge in [0.05, 0.1) is 11.3 Å². The number of hydrogen-bond donors (Lipinski definition) is 1. The lowest BCUT2D eigenvalue weighted by Crippen LogP contribution is -2.36. The van der Waals surface area contributed by atoms with Crippen LogP contribution in [0.15, 0.2) is 18.2 Å². The molecular formula is C13H19N5O2S. The van der Waals surface area contributed by atoms with Gasteiger partial charge in [-0.15, -0.1) is 5.10 Å². The Morgan fingerprint density at radius 1 is 1.33 bits per heavy atom. The van der Waals surface area contributed by atoms with Gasteiger partial charge in [0, 0.05) is 17.5 Å². The fourth-order valence-electron chi connectivity index (χ4n) is 1.85. The molecule has 1 heterocycles. The predicted octanol–water partition coefficient (Wildman–Crippen LogP) is 1.05. The molecule has 0 aliphatic heterocycles. The lowest BCUT2D eigenvalue weighted by Gasteiger charge is -2.22. The molecular weight excluding hydrogens is 290 g/mol. The summed E-state index contributed by atoms with van der Waals surface area (Å²) in [4.78, 5) is 0. The Kier molecular flexibility index (Phi) is 3.75. The molecule has 1 aromatic heterocycles. The van der Waals surface area contributed by atoms with Crippen molar-refractivity contribution in [3.05, 3.63) is 23.8 Å². The highest BCUT2D eigenvalue weighted by Crippen LogP contribution is 2.26. The quantitative estimate of drug-likeness (QED) is 0.847. The average Bonchev–Trinajstić information content (AvgIpc) is 2.78. The molecule has 2 aromatic rings. The Labute approximate surface area is 124 Å². The molecule has 0 fully saturated rings. The maximum Gasteiger partial charge on any atom is 0.184 e. The van der Waals surface area contributed by atoms with Crippen LogP contribution >= 0.6 is 0 Å². The first-order valence-electron chi connectivity index (χ1n) is 6.44. The summed E-state index contributed by atoms with van der Waals surface area (Å²) < 4.78 is 24.2. The maximum absolute atomic E-state index is 11.8.